The Morgan fingerprint density at radius 1 is 0.957 bits per heavy atom. The number of carbonyl (C=O) groups is 1. The lowest BCUT2D eigenvalue weighted by Crippen LogP contribution is -2.40. The minimum absolute atomic E-state index is 0.302. The maximum Gasteiger partial charge on any atom is 0.416 e. The summed E-state index contributed by atoms with van der Waals surface area (Å²) in [5.74, 6) is -9.75. The lowest BCUT2D eigenvalue weighted by molar-refractivity contribution is -0.215. The molecule has 0 aliphatic rings. The second-order valence-corrected chi connectivity index (χ2v) is 4.72. The van der Waals surface area contributed by atoms with E-state index in [4.69, 9.17) is 0 Å². The molecule has 0 unspecified atom stereocenters. The number of rotatable bonds is 6. The van der Waals surface area contributed by atoms with E-state index >= 15 is 0 Å². The predicted octanol–water partition coefficient (Wildman–Crippen LogP) is 4.93. The van der Waals surface area contributed by atoms with E-state index in [1.54, 1.807) is 0 Å². The first-order valence-corrected chi connectivity index (χ1v) is 6.51. The van der Waals surface area contributed by atoms with Gasteiger partial charge in [-0.05, 0) is 24.3 Å². The molecule has 0 aromatic heterocycles. The van der Waals surface area contributed by atoms with E-state index in [1.165, 1.54) is 0 Å². The third-order valence-electron chi connectivity index (χ3n) is 3.08. The van der Waals surface area contributed by atoms with Crippen LogP contribution in [0, 0.1) is 0 Å². The highest BCUT2D eigenvalue weighted by atomic mass is 19.4. The summed E-state index contributed by atoms with van der Waals surface area (Å²) in [5.41, 5.74) is -1.30. The molecule has 0 heterocycles. The first-order chi connectivity index (χ1) is 10.4. The van der Waals surface area contributed by atoms with Gasteiger partial charge in [0, 0.05) is 6.42 Å². The number of ether oxygens (including phenoxy) is 1. The molecule has 130 valence electrons. The van der Waals surface area contributed by atoms with Crippen LogP contribution in [0.3, 0.4) is 0 Å². The van der Waals surface area contributed by atoms with Gasteiger partial charge in [0.2, 0.25) is 0 Å². The summed E-state index contributed by atoms with van der Waals surface area (Å²) in [6.45, 7) is -0.0927. The zero-order valence-electron chi connectivity index (χ0n) is 11.9. The van der Waals surface area contributed by atoms with Crippen molar-refractivity contribution in [1.29, 1.82) is 0 Å². The molecule has 23 heavy (non-hydrogen) atoms. The average molecular weight is 346 g/mol. The monoisotopic (exact) mass is 346 g/mol. The molecule has 0 fully saturated rings. The molecule has 0 atom stereocenters. The highest BCUT2D eigenvalue weighted by Crippen LogP contribution is 2.39. The third-order valence-corrected chi connectivity index (χ3v) is 3.08. The Bertz CT molecular complexity index is 535. The Kier molecular flexibility index (Phi) is 5.65. The Hall–Kier alpha value is -1.80. The van der Waals surface area contributed by atoms with Crippen LogP contribution >= 0.6 is 0 Å². The average Bonchev–Trinajstić information content (AvgIpc) is 2.46. The number of esters is 1. The Balaban J connectivity index is 2.61. The number of hydrogen-bond donors (Lipinski definition) is 0. The highest BCUT2D eigenvalue weighted by molar-refractivity contribution is 5.89. The maximum absolute atomic E-state index is 13.2. The van der Waals surface area contributed by atoms with E-state index < -0.39 is 49.0 Å². The second-order valence-electron chi connectivity index (χ2n) is 4.72. The van der Waals surface area contributed by atoms with Crippen LogP contribution in [-0.2, 0) is 10.9 Å². The summed E-state index contributed by atoms with van der Waals surface area (Å²) < 4.78 is 93.6. The summed E-state index contributed by atoms with van der Waals surface area (Å²) in [6.07, 6.45) is -7.05. The molecule has 0 aliphatic heterocycles. The highest BCUT2D eigenvalue weighted by Gasteiger charge is 2.54. The van der Waals surface area contributed by atoms with Crippen LogP contribution in [0.25, 0.3) is 0 Å². The summed E-state index contributed by atoms with van der Waals surface area (Å²) in [7, 11) is 0. The molecule has 2 nitrogen and oxygen atoms in total. The van der Waals surface area contributed by atoms with E-state index in [-0.39, 0.29) is 5.56 Å². The fourth-order valence-corrected chi connectivity index (χ4v) is 1.59. The van der Waals surface area contributed by atoms with Gasteiger partial charge in [0.1, 0.15) is 0 Å². The van der Waals surface area contributed by atoms with Gasteiger partial charge < -0.3 is 4.74 Å². The topological polar surface area (TPSA) is 26.3 Å². The van der Waals surface area contributed by atoms with Crippen molar-refractivity contribution in [3.63, 3.8) is 0 Å². The Labute approximate surface area is 127 Å². The lowest BCUT2D eigenvalue weighted by atomic mass is 10.1. The van der Waals surface area contributed by atoms with Crippen molar-refractivity contribution in [3.8, 4) is 0 Å². The molecular weight excluding hydrogens is 333 g/mol. The van der Waals surface area contributed by atoms with Crippen molar-refractivity contribution >= 4 is 5.97 Å². The van der Waals surface area contributed by atoms with Crippen LogP contribution in [0.15, 0.2) is 24.3 Å². The van der Waals surface area contributed by atoms with E-state index in [9.17, 15) is 35.5 Å². The lowest BCUT2D eigenvalue weighted by Gasteiger charge is -2.25. The molecule has 0 amide bonds. The molecular formula is C14H13F7O2. The van der Waals surface area contributed by atoms with E-state index in [1.807, 2.05) is 0 Å². The fraction of sp³-hybridized carbons (Fsp3) is 0.500. The number of hydrogen-bond acceptors (Lipinski definition) is 2. The van der Waals surface area contributed by atoms with Gasteiger partial charge in [-0.15, -0.1) is 0 Å². The predicted molar refractivity (Wildman–Crippen MR) is 66.5 cm³/mol. The van der Waals surface area contributed by atoms with Crippen molar-refractivity contribution in [3.05, 3.63) is 35.4 Å². The van der Waals surface area contributed by atoms with Crippen LogP contribution in [0.4, 0.5) is 30.7 Å². The maximum atomic E-state index is 13.2. The molecule has 0 aliphatic carbocycles. The fourth-order valence-electron chi connectivity index (χ4n) is 1.59. The van der Waals surface area contributed by atoms with Crippen LogP contribution < -0.4 is 0 Å². The first kappa shape index (κ1) is 19.2. The molecule has 0 radical (unpaired) electrons. The molecule has 0 N–H and O–H groups in total. The largest absolute Gasteiger partial charge is 0.462 e. The molecule has 1 aromatic rings. The van der Waals surface area contributed by atoms with Crippen molar-refractivity contribution in [2.45, 2.75) is 37.8 Å². The molecule has 0 saturated heterocycles. The van der Waals surface area contributed by atoms with Gasteiger partial charge >= 0.3 is 24.0 Å². The van der Waals surface area contributed by atoms with Crippen LogP contribution in [0.5, 0.6) is 0 Å². The number of carbonyl (C=O) groups excluding carboxylic acids is 1. The normalized spacial score (nSPS) is 13.0. The van der Waals surface area contributed by atoms with Gasteiger partial charge in [0.15, 0.2) is 0 Å². The van der Waals surface area contributed by atoms with Crippen molar-refractivity contribution in [2.75, 3.05) is 6.61 Å². The number of alkyl halides is 7. The zero-order chi connectivity index (χ0) is 17.9. The van der Waals surface area contributed by atoms with Gasteiger partial charge in [-0.2, -0.15) is 30.7 Å². The van der Waals surface area contributed by atoms with E-state index in [0.717, 1.165) is 19.1 Å². The zero-order valence-corrected chi connectivity index (χ0v) is 11.9. The molecule has 0 spiro atoms. The van der Waals surface area contributed by atoms with Crippen molar-refractivity contribution < 1.29 is 40.3 Å². The molecule has 0 saturated carbocycles. The number of benzene rings is 1. The van der Waals surface area contributed by atoms with Gasteiger partial charge in [0.05, 0.1) is 24.2 Å². The summed E-state index contributed by atoms with van der Waals surface area (Å²) in [6, 6.07) is 2.86. The van der Waals surface area contributed by atoms with Gasteiger partial charge in [0.25, 0.3) is 0 Å². The molecule has 1 aromatic carbocycles. The second kappa shape index (κ2) is 6.76. The van der Waals surface area contributed by atoms with Crippen molar-refractivity contribution in [2.24, 2.45) is 0 Å². The minimum atomic E-state index is -4.59. The smallest absolute Gasteiger partial charge is 0.416 e. The van der Waals surface area contributed by atoms with Gasteiger partial charge in [-0.25, -0.2) is 4.79 Å². The number of halogens is 7. The van der Waals surface area contributed by atoms with Crippen LogP contribution in [0.2, 0.25) is 0 Å². The Morgan fingerprint density at radius 2 is 1.48 bits per heavy atom. The summed E-state index contributed by atoms with van der Waals surface area (Å²) in [5, 5.41) is 0. The van der Waals surface area contributed by atoms with Crippen LogP contribution in [-0.4, -0.2) is 24.4 Å². The first-order valence-electron chi connectivity index (χ1n) is 6.51. The standard InChI is InChI=1S/C14H13F7O2/c1-2-12(15,16)13(17,18)7-8-23-11(22)9-3-5-10(6-4-9)14(19,20)21/h3-6H,2,7-8H2,1H3. The van der Waals surface area contributed by atoms with E-state index in [2.05, 4.69) is 4.74 Å². The van der Waals surface area contributed by atoms with E-state index in [0.29, 0.717) is 12.1 Å². The summed E-state index contributed by atoms with van der Waals surface area (Å²) in [4.78, 5) is 11.5. The SMILES string of the molecule is CCC(F)(F)C(F)(F)CCOC(=O)c1ccc(C(F)(F)F)cc1. The quantitative estimate of drug-likeness (QED) is 0.539. The van der Waals surface area contributed by atoms with Crippen molar-refractivity contribution in [1.82, 2.24) is 0 Å². The van der Waals surface area contributed by atoms with Gasteiger partial charge in [-0.3, -0.25) is 0 Å². The summed E-state index contributed by atoms with van der Waals surface area (Å²) >= 11 is 0. The Morgan fingerprint density at radius 3 is 1.91 bits per heavy atom. The molecule has 9 heteroatoms. The van der Waals surface area contributed by atoms with Crippen LogP contribution in [0.1, 0.15) is 35.7 Å². The molecule has 0 bridgehead atoms. The third kappa shape index (κ3) is 4.84. The molecule has 1 rings (SSSR count). The van der Waals surface area contributed by atoms with Gasteiger partial charge in [-0.1, -0.05) is 6.92 Å². The minimum Gasteiger partial charge on any atom is -0.462 e.